The number of carbonyl (C=O) groups excluding carboxylic acids is 1. The number of hydrogen-bond acceptors (Lipinski definition) is 3. The van der Waals surface area contributed by atoms with Crippen LogP contribution in [0, 0.1) is 19.8 Å². The number of aromatic nitrogens is 2. The molecule has 1 saturated heterocycles. The Balaban J connectivity index is 1.98. The Labute approximate surface area is 140 Å². The van der Waals surface area contributed by atoms with Crippen LogP contribution >= 0.6 is 0 Å². The van der Waals surface area contributed by atoms with E-state index >= 15 is 0 Å². The number of likely N-dealkylation sites (tertiary alicyclic amines) is 1. The van der Waals surface area contributed by atoms with Gasteiger partial charge in [-0.3, -0.25) is 9.48 Å². The van der Waals surface area contributed by atoms with Crippen molar-refractivity contribution in [3.8, 4) is 0 Å². The van der Waals surface area contributed by atoms with E-state index in [-0.39, 0.29) is 5.91 Å². The van der Waals surface area contributed by atoms with Gasteiger partial charge in [-0.25, -0.2) is 0 Å². The zero-order chi connectivity index (χ0) is 17.0. The van der Waals surface area contributed by atoms with Crippen LogP contribution in [0.25, 0.3) is 0 Å². The highest BCUT2D eigenvalue weighted by Gasteiger charge is 2.28. The molecule has 1 aromatic heterocycles. The molecule has 1 atom stereocenters. The lowest BCUT2D eigenvalue weighted by Crippen LogP contribution is -2.40. The highest BCUT2D eigenvalue weighted by molar-refractivity contribution is 5.77. The van der Waals surface area contributed by atoms with Gasteiger partial charge >= 0.3 is 0 Å². The number of carbonyl (C=O) groups is 1. The van der Waals surface area contributed by atoms with E-state index in [4.69, 9.17) is 0 Å². The smallest absolute Gasteiger partial charge is 0.223 e. The summed E-state index contributed by atoms with van der Waals surface area (Å²) in [6.07, 6.45) is 3.64. The summed E-state index contributed by atoms with van der Waals surface area (Å²) in [5, 5.41) is 7.85. The molecule has 1 aromatic rings. The van der Waals surface area contributed by atoms with Gasteiger partial charge in [0.1, 0.15) is 0 Å². The van der Waals surface area contributed by atoms with Gasteiger partial charge in [-0.1, -0.05) is 13.8 Å². The first kappa shape index (κ1) is 18.0. The summed E-state index contributed by atoms with van der Waals surface area (Å²) >= 11 is 0. The average molecular weight is 320 g/mol. The van der Waals surface area contributed by atoms with Crippen LogP contribution in [0.15, 0.2) is 0 Å². The zero-order valence-corrected chi connectivity index (χ0v) is 15.4. The molecule has 1 amide bonds. The van der Waals surface area contributed by atoms with Crippen molar-refractivity contribution in [1.82, 2.24) is 20.0 Å². The van der Waals surface area contributed by atoms with Crippen LogP contribution in [0.5, 0.6) is 0 Å². The summed E-state index contributed by atoms with van der Waals surface area (Å²) in [7, 11) is 1.96. The van der Waals surface area contributed by atoms with E-state index in [2.05, 4.69) is 47.7 Å². The van der Waals surface area contributed by atoms with E-state index in [0.29, 0.717) is 18.4 Å². The van der Waals surface area contributed by atoms with E-state index in [0.717, 1.165) is 44.6 Å². The first-order valence-corrected chi connectivity index (χ1v) is 8.91. The van der Waals surface area contributed by atoms with Crippen molar-refractivity contribution in [2.24, 2.45) is 5.92 Å². The van der Waals surface area contributed by atoms with Crippen LogP contribution < -0.4 is 5.32 Å². The third-order valence-electron chi connectivity index (χ3n) is 4.80. The molecular formula is C18H32N4O. The SMILES string of the molecule is CNCC1CCCN1C(=O)CCc1c(C)nn(CC(C)C)c1C. The number of rotatable bonds is 7. The quantitative estimate of drug-likeness (QED) is 0.839. The summed E-state index contributed by atoms with van der Waals surface area (Å²) in [5.74, 6) is 0.868. The highest BCUT2D eigenvalue weighted by atomic mass is 16.2. The number of hydrogen-bond donors (Lipinski definition) is 1. The van der Waals surface area contributed by atoms with Crippen LogP contribution in [-0.2, 0) is 17.8 Å². The number of aryl methyl sites for hydroxylation is 1. The van der Waals surface area contributed by atoms with Crippen LogP contribution in [0.1, 0.15) is 50.1 Å². The van der Waals surface area contributed by atoms with Crippen LogP contribution in [0.2, 0.25) is 0 Å². The summed E-state index contributed by atoms with van der Waals surface area (Å²) in [5.41, 5.74) is 3.55. The van der Waals surface area contributed by atoms with Gasteiger partial charge in [-0.2, -0.15) is 5.10 Å². The minimum atomic E-state index is 0.290. The van der Waals surface area contributed by atoms with E-state index in [9.17, 15) is 4.79 Å². The second kappa shape index (κ2) is 7.95. The van der Waals surface area contributed by atoms with Crippen molar-refractivity contribution in [1.29, 1.82) is 0 Å². The lowest BCUT2D eigenvalue weighted by Gasteiger charge is -2.24. The minimum absolute atomic E-state index is 0.290. The highest BCUT2D eigenvalue weighted by Crippen LogP contribution is 2.20. The molecule has 0 radical (unpaired) electrons. The maximum atomic E-state index is 12.6. The Morgan fingerprint density at radius 1 is 1.39 bits per heavy atom. The summed E-state index contributed by atoms with van der Waals surface area (Å²) in [4.78, 5) is 14.7. The largest absolute Gasteiger partial charge is 0.338 e. The van der Waals surface area contributed by atoms with Gasteiger partial charge in [-0.15, -0.1) is 0 Å². The van der Waals surface area contributed by atoms with E-state index in [1.54, 1.807) is 0 Å². The van der Waals surface area contributed by atoms with E-state index in [1.165, 1.54) is 11.3 Å². The van der Waals surface area contributed by atoms with Crippen LogP contribution in [-0.4, -0.2) is 46.8 Å². The lowest BCUT2D eigenvalue weighted by molar-refractivity contribution is -0.131. The second-order valence-electron chi connectivity index (χ2n) is 7.17. The van der Waals surface area contributed by atoms with Gasteiger partial charge in [0.2, 0.25) is 5.91 Å². The number of likely N-dealkylation sites (N-methyl/N-ethyl adjacent to an activating group) is 1. The molecule has 1 unspecified atom stereocenters. The van der Waals surface area contributed by atoms with Crippen LogP contribution in [0.4, 0.5) is 0 Å². The van der Waals surface area contributed by atoms with Gasteiger partial charge in [0.15, 0.2) is 0 Å². The predicted molar refractivity (Wildman–Crippen MR) is 93.5 cm³/mol. The summed E-state index contributed by atoms with van der Waals surface area (Å²) in [6, 6.07) is 0.373. The molecule has 1 aliphatic rings. The molecule has 1 fully saturated rings. The van der Waals surface area contributed by atoms with Gasteiger partial charge in [0.25, 0.3) is 0 Å². The molecule has 0 bridgehead atoms. The molecular weight excluding hydrogens is 288 g/mol. The molecule has 23 heavy (non-hydrogen) atoms. The van der Waals surface area contributed by atoms with Crippen molar-refractivity contribution in [2.45, 2.75) is 66.0 Å². The third-order valence-corrected chi connectivity index (χ3v) is 4.80. The van der Waals surface area contributed by atoms with Crippen molar-refractivity contribution >= 4 is 5.91 Å². The first-order valence-electron chi connectivity index (χ1n) is 8.91. The Hall–Kier alpha value is -1.36. The minimum Gasteiger partial charge on any atom is -0.338 e. The fourth-order valence-corrected chi connectivity index (χ4v) is 3.61. The van der Waals surface area contributed by atoms with Crippen molar-refractivity contribution in [2.75, 3.05) is 20.1 Å². The summed E-state index contributed by atoms with van der Waals surface area (Å²) in [6.45, 7) is 11.3. The average Bonchev–Trinajstić information content (AvgIpc) is 3.03. The molecule has 5 heteroatoms. The summed E-state index contributed by atoms with van der Waals surface area (Å²) < 4.78 is 2.10. The van der Waals surface area contributed by atoms with E-state index < -0.39 is 0 Å². The third kappa shape index (κ3) is 4.34. The Morgan fingerprint density at radius 2 is 2.13 bits per heavy atom. The van der Waals surface area contributed by atoms with Gasteiger partial charge in [-0.05, 0) is 51.6 Å². The standard InChI is InChI=1S/C18H32N4O/c1-13(2)12-22-15(4)17(14(3)20-22)8-9-18(23)21-10-6-7-16(21)11-19-5/h13,16,19H,6-12H2,1-5H3. The fourth-order valence-electron chi connectivity index (χ4n) is 3.61. The van der Waals surface area contributed by atoms with Crippen molar-refractivity contribution in [3.05, 3.63) is 17.0 Å². The lowest BCUT2D eigenvalue weighted by atomic mass is 10.1. The number of nitrogens with one attached hydrogen (secondary N) is 1. The Kier molecular flexibility index (Phi) is 6.22. The number of amides is 1. The molecule has 0 aliphatic carbocycles. The number of nitrogens with zero attached hydrogens (tertiary/aromatic N) is 3. The molecule has 0 aromatic carbocycles. The predicted octanol–water partition coefficient (Wildman–Crippen LogP) is 2.30. The molecule has 2 heterocycles. The molecule has 2 rings (SSSR count). The van der Waals surface area contributed by atoms with Gasteiger partial charge in [0.05, 0.1) is 5.69 Å². The molecule has 0 saturated carbocycles. The second-order valence-corrected chi connectivity index (χ2v) is 7.17. The molecule has 1 aliphatic heterocycles. The fraction of sp³-hybridized carbons (Fsp3) is 0.778. The van der Waals surface area contributed by atoms with Crippen LogP contribution in [0.3, 0.4) is 0 Å². The molecule has 1 N–H and O–H groups in total. The van der Waals surface area contributed by atoms with Gasteiger partial charge in [0, 0.05) is 37.8 Å². The normalized spacial score (nSPS) is 18.2. The molecule has 0 spiro atoms. The topological polar surface area (TPSA) is 50.2 Å². The van der Waals surface area contributed by atoms with Crippen molar-refractivity contribution in [3.63, 3.8) is 0 Å². The monoisotopic (exact) mass is 320 g/mol. The maximum Gasteiger partial charge on any atom is 0.223 e. The van der Waals surface area contributed by atoms with Gasteiger partial charge < -0.3 is 10.2 Å². The van der Waals surface area contributed by atoms with E-state index in [1.807, 2.05) is 7.05 Å². The maximum absolute atomic E-state index is 12.6. The molecule has 130 valence electrons. The Bertz CT molecular complexity index is 535. The van der Waals surface area contributed by atoms with Crippen molar-refractivity contribution < 1.29 is 4.79 Å². The Morgan fingerprint density at radius 3 is 2.78 bits per heavy atom. The molecule has 5 nitrogen and oxygen atoms in total. The first-order chi connectivity index (χ1) is 10.9. The zero-order valence-electron chi connectivity index (χ0n) is 15.4.